The maximum Gasteiger partial charge on any atom is 0.251 e. The molecule has 28 heavy (non-hydrogen) atoms. The maximum absolute atomic E-state index is 12.7. The van der Waals surface area contributed by atoms with E-state index in [1.165, 1.54) is 14.2 Å². The highest BCUT2D eigenvalue weighted by Crippen LogP contribution is 2.32. The largest absolute Gasteiger partial charge is 0.493 e. The molecule has 0 radical (unpaired) electrons. The number of morpholine rings is 1. The van der Waals surface area contributed by atoms with E-state index < -0.39 is 12.1 Å². The molecule has 148 valence electrons. The van der Waals surface area contributed by atoms with Crippen LogP contribution in [0, 0.1) is 0 Å². The number of nitrogens with zero attached hydrogens (tertiary/aromatic N) is 1. The van der Waals surface area contributed by atoms with Crippen LogP contribution in [0.3, 0.4) is 0 Å². The summed E-state index contributed by atoms with van der Waals surface area (Å²) in [6.07, 6.45) is 0.668. The van der Waals surface area contributed by atoms with Gasteiger partial charge in [-0.25, -0.2) is 4.98 Å². The summed E-state index contributed by atoms with van der Waals surface area (Å²) in [6, 6.07) is 8.00. The molecule has 9 heteroatoms. The van der Waals surface area contributed by atoms with Gasteiger partial charge in [-0.15, -0.1) is 0 Å². The van der Waals surface area contributed by atoms with E-state index in [-0.39, 0.29) is 25.0 Å². The summed E-state index contributed by atoms with van der Waals surface area (Å²) >= 11 is 0. The van der Waals surface area contributed by atoms with Crippen molar-refractivity contribution in [3.05, 3.63) is 47.7 Å². The fourth-order valence-electron chi connectivity index (χ4n) is 2.97. The Morgan fingerprint density at radius 1 is 1.32 bits per heavy atom. The van der Waals surface area contributed by atoms with Gasteiger partial charge in [-0.3, -0.25) is 9.59 Å². The predicted molar refractivity (Wildman–Crippen MR) is 101 cm³/mol. The fraction of sp³-hybridized carbons (Fsp3) is 0.316. The second-order valence-electron chi connectivity index (χ2n) is 6.16. The van der Waals surface area contributed by atoms with Crippen LogP contribution < -0.4 is 25.8 Å². The van der Waals surface area contributed by atoms with Crippen molar-refractivity contribution in [1.82, 2.24) is 15.6 Å². The third-order valence-corrected chi connectivity index (χ3v) is 4.42. The molecule has 1 aromatic carbocycles. The van der Waals surface area contributed by atoms with E-state index in [9.17, 15) is 9.59 Å². The Kier molecular flexibility index (Phi) is 5.95. The minimum atomic E-state index is -0.909. The molecule has 0 saturated carbocycles. The van der Waals surface area contributed by atoms with Crippen molar-refractivity contribution < 1.29 is 23.8 Å². The average molecular weight is 386 g/mol. The first-order valence-corrected chi connectivity index (χ1v) is 8.63. The number of nitrogens with one attached hydrogen (secondary N) is 2. The molecule has 1 aliphatic rings. The topological polar surface area (TPSA) is 125 Å². The number of nitrogen functional groups attached to an aromatic ring is 1. The zero-order valence-corrected chi connectivity index (χ0v) is 15.6. The number of nitrogens with two attached hydrogens (primary N) is 1. The van der Waals surface area contributed by atoms with Gasteiger partial charge in [-0.1, -0.05) is 12.1 Å². The van der Waals surface area contributed by atoms with Gasteiger partial charge in [0, 0.05) is 18.3 Å². The first-order chi connectivity index (χ1) is 13.5. The van der Waals surface area contributed by atoms with E-state index in [1.807, 2.05) is 0 Å². The van der Waals surface area contributed by atoms with Gasteiger partial charge in [-0.05, 0) is 23.8 Å². The standard InChI is InChI=1S/C19H22N4O5/c1-26-13-6-5-11(8-14(13)27-2)16-17(28-10-15(24)23-16)19(25)22-9-12-4-3-7-21-18(12)20/h3-8,16-17H,9-10H2,1-2H3,(H2,20,21)(H,22,25)(H,23,24)/t16-,17+/m1/s1. The van der Waals surface area contributed by atoms with Gasteiger partial charge in [-0.2, -0.15) is 0 Å². The molecule has 1 fully saturated rings. The second kappa shape index (κ2) is 8.57. The molecule has 0 aliphatic carbocycles. The van der Waals surface area contributed by atoms with E-state index in [0.29, 0.717) is 28.4 Å². The summed E-state index contributed by atoms with van der Waals surface area (Å²) in [5.74, 6) is 0.699. The Hall–Kier alpha value is -3.33. The predicted octanol–water partition coefficient (Wildman–Crippen LogP) is 0.554. The summed E-state index contributed by atoms with van der Waals surface area (Å²) in [5, 5.41) is 5.59. The van der Waals surface area contributed by atoms with Crippen molar-refractivity contribution in [1.29, 1.82) is 0 Å². The lowest BCUT2D eigenvalue weighted by Crippen LogP contribution is -2.52. The van der Waals surface area contributed by atoms with Gasteiger partial charge in [0.05, 0.1) is 20.3 Å². The number of carbonyl (C=O) groups excluding carboxylic acids is 2. The first-order valence-electron chi connectivity index (χ1n) is 8.63. The highest BCUT2D eigenvalue weighted by atomic mass is 16.5. The third-order valence-electron chi connectivity index (χ3n) is 4.42. The summed E-state index contributed by atoms with van der Waals surface area (Å²) in [4.78, 5) is 28.6. The van der Waals surface area contributed by atoms with Crippen LogP contribution in [0.25, 0.3) is 0 Å². The van der Waals surface area contributed by atoms with Crippen LogP contribution in [0.2, 0.25) is 0 Å². The Balaban J connectivity index is 1.79. The molecular formula is C19H22N4O5. The zero-order valence-electron chi connectivity index (χ0n) is 15.6. The van der Waals surface area contributed by atoms with Gasteiger partial charge in [0.2, 0.25) is 5.91 Å². The SMILES string of the molecule is COc1ccc([C@H]2NC(=O)CO[C@@H]2C(=O)NCc2cccnc2N)cc1OC. The van der Waals surface area contributed by atoms with E-state index in [2.05, 4.69) is 15.6 Å². The van der Waals surface area contributed by atoms with E-state index in [0.717, 1.165) is 0 Å². The fourth-order valence-corrected chi connectivity index (χ4v) is 2.97. The van der Waals surface area contributed by atoms with Crippen LogP contribution in [0.4, 0.5) is 5.82 Å². The molecule has 0 spiro atoms. The number of amides is 2. The minimum absolute atomic E-state index is 0.198. The number of rotatable bonds is 6. The molecule has 9 nitrogen and oxygen atoms in total. The molecule has 0 bridgehead atoms. The molecule has 1 aromatic heterocycles. The van der Waals surface area contributed by atoms with E-state index in [1.54, 1.807) is 36.5 Å². The third kappa shape index (κ3) is 4.15. The van der Waals surface area contributed by atoms with Gasteiger partial charge < -0.3 is 30.6 Å². The molecule has 0 unspecified atom stereocenters. The molecule has 2 amide bonds. The Morgan fingerprint density at radius 3 is 2.82 bits per heavy atom. The minimum Gasteiger partial charge on any atom is -0.493 e. The van der Waals surface area contributed by atoms with Gasteiger partial charge in [0.1, 0.15) is 12.4 Å². The lowest BCUT2D eigenvalue weighted by atomic mass is 9.98. The highest BCUT2D eigenvalue weighted by molar-refractivity contribution is 5.86. The average Bonchev–Trinajstić information content (AvgIpc) is 2.72. The molecule has 1 aliphatic heterocycles. The van der Waals surface area contributed by atoms with Gasteiger partial charge >= 0.3 is 0 Å². The van der Waals surface area contributed by atoms with Crippen molar-refractivity contribution >= 4 is 17.6 Å². The molecule has 4 N–H and O–H groups in total. The van der Waals surface area contributed by atoms with Gasteiger partial charge in [0.15, 0.2) is 17.6 Å². The maximum atomic E-state index is 12.7. The summed E-state index contributed by atoms with van der Waals surface area (Å²) in [7, 11) is 3.05. The highest BCUT2D eigenvalue weighted by Gasteiger charge is 2.36. The number of benzene rings is 1. The number of carbonyl (C=O) groups is 2. The Morgan fingerprint density at radius 2 is 2.11 bits per heavy atom. The number of hydrogen-bond acceptors (Lipinski definition) is 7. The second-order valence-corrected chi connectivity index (χ2v) is 6.16. The van der Waals surface area contributed by atoms with Crippen molar-refractivity contribution in [3.8, 4) is 11.5 Å². The number of pyridine rings is 1. The molecular weight excluding hydrogens is 364 g/mol. The lowest BCUT2D eigenvalue weighted by molar-refractivity contribution is -0.148. The summed E-state index contributed by atoms with van der Waals surface area (Å²) < 4.78 is 16.1. The Bertz CT molecular complexity index is 873. The van der Waals surface area contributed by atoms with Crippen molar-refractivity contribution in [2.45, 2.75) is 18.7 Å². The lowest BCUT2D eigenvalue weighted by Gasteiger charge is -2.32. The Labute approximate surface area is 162 Å². The smallest absolute Gasteiger partial charge is 0.251 e. The van der Waals surface area contributed by atoms with Crippen molar-refractivity contribution in [2.24, 2.45) is 0 Å². The normalized spacial score (nSPS) is 18.9. The van der Waals surface area contributed by atoms with Crippen LogP contribution in [0.5, 0.6) is 11.5 Å². The number of hydrogen-bond donors (Lipinski definition) is 3. The van der Waals surface area contributed by atoms with E-state index >= 15 is 0 Å². The summed E-state index contributed by atoms with van der Waals surface area (Å²) in [5.41, 5.74) is 7.16. The van der Waals surface area contributed by atoms with Crippen LogP contribution in [0.1, 0.15) is 17.2 Å². The molecule has 2 aromatic rings. The van der Waals surface area contributed by atoms with Crippen LogP contribution >= 0.6 is 0 Å². The van der Waals surface area contributed by atoms with Crippen LogP contribution in [-0.2, 0) is 20.9 Å². The van der Waals surface area contributed by atoms with Crippen molar-refractivity contribution in [3.63, 3.8) is 0 Å². The number of ether oxygens (including phenoxy) is 3. The zero-order chi connectivity index (χ0) is 20.1. The van der Waals surface area contributed by atoms with E-state index in [4.69, 9.17) is 19.9 Å². The summed E-state index contributed by atoms with van der Waals surface area (Å²) in [6.45, 7) is 0.00186. The molecule has 2 heterocycles. The van der Waals surface area contributed by atoms with Crippen LogP contribution in [-0.4, -0.2) is 43.7 Å². The number of methoxy groups -OCH3 is 2. The molecule has 1 saturated heterocycles. The number of aromatic nitrogens is 1. The monoisotopic (exact) mass is 386 g/mol. The van der Waals surface area contributed by atoms with Gasteiger partial charge in [0.25, 0.3) is 5.91 Å². The quantitative estimate of drug-likeness (QED) is 0.662. The molecule has 2 atom stereocenters. The van der Waals surface area contributed by atoms with Crippen molar-refractivity contribution in [2.75, 3.05) is 26.6 Å². The van der Waals surface area contributed by atoms with Crippen LogP contribution in [0.15, 0.2) is 36.5 Å². The first kappa shape index (κ1) is 19.4. The number of anilines is 1. The molecule has 3 rings (SSSR count).